The Hall–Kier alpha value is -6.75. The number of rotatable bonds is 8. The number of amides is 2. The lowest BCUT2D eigenvalue weighted by Gasteiger charge is -2.45. The summed E-state index contributed by atoms with van der Waals surface area (Å²) < 4.78 is 10.5. The molecule has 1 aliphatic heterocycles. The van der Waals surface area contributed by atoms with Gasteiger partial charge in [0.2, 0.25) is 11.8 Å². The molecule has 1 fully saturated rings. The predicted octanol–water partition coefficient (Wildman–Crippen LogP) is 6.25. The van der Waals surface area contributed by atoms with Crippen LogP contribution in [-0.2, 0) is 14.3 Å². The van der Waals surface area contributed by atoms with E-state index in [1.807, 2.05) is 48.5 Å². The van der Waals surface area contributed by atoms with Crippen molar-refractivity contribution in [2.75, 3.05) is 11.5 Å². The number of nitro groups is 1. The van der Waals surface area contributed by atoms with Crippen LogP contribution in [0.4, 0.5) is 11.4 Å². The predicted molar refractivity (Wildman–Crippen MR) is 182 cm³/mol. The van der Waals surface area contributed by atoms with E-state index in [1.165, 1.54) is 77.7 Å². The van der Waals surface area contributed by atoms with Gasteiger partial charge in [0.1, 0.15) is 5.75 Å². The molecule has 2 atom stereocenters. The van der Waals surface area contributed by atoms with Gasteiger partial charge in [-0.25, -0.2) is 14.5 Å². The molecule has 5 aromatic carbocycles. The second-order valence-electron chi connectivity index (χ2n) is 12.5. The van der Waals surface area contributed by atoms with Crippen molar-refractivity contribution >= 4 is 40.9 Å². The van der Waals surface area contributed by atoms with Crippen LogP contribution < -0.4 is 9.64 Å². The molecule has 51 heavy (non-hydrogen) atoms. The number of nitrogens with zero attached hydrogens (tertiary/aromatic N) is 2. The van der Waals surface area contributed by atoms with Crippen LogP contribution in [0.1, 0.15) is 65.2 Å². The number of carbonyl (C=O) groups excluding carboxylic acids is 5. The molecule has 0 radical (unpaired) electrons. The quantitative estimate of drug-likeness (QED) is 0.0463. The Morgan fingerprint density at radius 1 is 0.608 bits per heavy atom. The number of non-ortho nitro benzene ring substituents is 1. The molecule has 0 N–H and O–H groups in total. The van der Waals surface area contributed by atoms with Crippen LogP contribution in [0.3, 0.4) is 0 Å². The van der Waals surface area contributed by atoms with Gasteiger partial charge in [0.25, 0.3) is 5.69 Å². The minimum Gasteiger partial charge on any atom is -0.454 e. The number of benzene rings is 5. The van der Waals surface area contributed by atoms with Gasteiger partial charge in [-0.2, -0.15) is 0 Å². The molecule has 11 heteroatoms. The van der Waals surface area contributed by atoms with Crippen LogP contribution in [0.5, 0.6) is 5.75 Å². The van der Waals surface area contributed by atoms with Gasteiger partial charge in [0, 0.05) is 29.5 Å². The van der Waals surface area contributed by atoms with Crippen molar-refractivity contribution < 1.29 is 38.4 Å². The first-order valence-electron chi connectivity index (χ1n) is 16.1. The molecule has 1 heterocycles. The molecule has 0 aromatic heterocycles. The molecule has 0 spiro atoms. The molecule has 2 amide bonds. The number of hydrogen-bond acceptors (Lipinski definition) is 9. The fourth-order valence-corrected chi connectivity index (χ4v) is 7.57. The smallest absolute Gasteiger partial charge is 0.343 e. The van der Waals surface area contributed by atoms with E-state index in [1.54, 1.807) is 0 Å². The van der Waals surface area contributed by atoms with E-state index in [9.17, 15) is 34.1 Å². The summed E-state index contributed by atoms with van der Waals surface area (Å²) in [4.78, 5) is 77.4. The number of nitro benzene ring substituents is 1. The summed E-state index contributed by atoms with van der Waals surface area (Å²) in [6.07, 6.45) is 0. The largest absolute Gasteiger partial charge is 0.454 e. The lowest BCUT2D eigenvalue weighted by atomic mass is 9.55. The van der Waals surface area contributed by atoms with Crippen molar-refractivity contribution in [3.8, 4) is 5.75 Å². The number of imide groups is 1. The van der Waals surface area contributed by atoms with Crippen molar-refractivity contribution in [1.82, 2.24) is 0 Å². The van der Waals surface area contributed by atoms with Gasteiger partial charge in [0.15, 0.2) is 12.4 Å². The molecule has 0 saturated carbocycles. The molecule has 9 rings (SSSR count). The fraction of sp³-hybridized carbons (Fsp3) is 0.125. The fourth-order valence-electron chi connectivity index (χ4n) is 7.57. The Labute approximate surface area is 290 Å². The third kappa shape index (κ3) is 5.26. The van der Waals surface area contributed by atoms with E-state index in [-0.39, 0.29) is 51.8 Å². The maximum atomic E-state index is 14.0. The van der Waals surface area contributed by atoms with Gasteiger partial charge in [-0.3, -0.25) is 24.5 Å². The third-order valence-electron chi connectivity index (χ3n) is 9.84. The van der Waals surface area contributed by atoms with Gasteiger partial charge in [-0.05, 0) is 82.9 Å². The third-order valence-corrected chi connectivity index (χ3v) is 9.84. The van der Waals surface area contributed by atoms with Gasteiger partial charge in [-0.15, -0.1) is 0 Å². The average molecular weight is 679 g/mol. The average Bonchev–Trinajstić information content (AvgIpc) is 3.43. The molecular weight excluding hydrogens is 652 g/mol. The summed E-state index contributed by atoms with van der Waals surface area (Å²) in [6.45, 7) is -0.557. The standard InChI is InChI=1S/C40H26N2O9/c43-32(22-13-19-27(20-14-22)51-40(47)24-11-17-26(18-12-24)42(48)49)21-50-39(46)23-9-15-25(16-10-23)41-37(44)35-33-28-5-1-2-6-29(28)34(36(35)38(41)45)31-8-4-3-7-30(31)33/h1-20,33-36H,21H2. The monoisotopic (exact) mass is 678 g/mol. The van der Waals surface area contributed by atoms with Crippen LogP contribution in [0.15, 0.2) is 121 Å². The number of carbonyl (C=O) groups is 5. The highest BCUT2D eigenvalue weighted by atomic mass is 16.6. The normalized spacial score (nSPS) is 19.5. The lowest BCUT2D eigenvalue weighted by Crippen LogP contribution is -2.41. The Morgan fingerprint density at radius 2 is 1.06 bits per heavy atom. The molecule has 5 aromatic rings. The summed E-state index contributed by atoms with van der Waals surface area (Å²) in [6, 6.07) is 32.6. The summed E-state index contributed by atoms with van der Waals surface area (Å²) in [5.41, 5.74) is 4.97. The first-order chi connectivity index (χ1) is 24.7. The van der Waals surface area contributed by atoms with Crippen molar-refractivity contribution in [1.29, 1.82) is 0 Å². The van der Waals surface area contributed by atoms with Crippen LogP contribution in [0.25, 0.3) is 0 Å². The number of anilines is 1. The number of ether oxygens (including phenoxy) is 2. The zero-order chi connectivity index (χ0) is 35.4. The molecule has 3 aliphatic carbocycles. The summed E-state index contributed by atoms with van der Waals surface area (Å²) in [7, 11) is 0. The highest BCUT2D eigenvalue weighted by Crippen LogP contribution is 2.61. The number of esters is 2. The first kappa shape index (κ1) is 31.5. The zero-order valence-corrected chi connectivity index (χ0v) is 26.6. The summed E-state index contributed by atoms with van der Waals surface area (Å²) >= 11 is 0. The minimum absolute atomic E-state index is 0.112. The molecule has 250 valence electrons. The SMILES string of the molecule is O=C(COC(=O)c1ccc(N2C(=O)C3C4c5ccccc5C(c5ccccc54)C3C2=O)cc1)c1ccc(OC(=O)c2ccc([N+](=O)[O-])cc2)cc1. The summed E-state index contributed by atoms with van der Waals surface area (Å²) in [5, 5.41) is 10.8. The van der Waals surface area contributed by atoms with E-state index >= 15 is 0 Å². The highest BCUT2D eigenvalue weighted by molar-refractivity contribution is 6.23. The van der Waals surface area contributed by atoms with E-state index in [2.05, 4.69) is 0 Å². The van der Waals surface area contributed by atoms with E-state index in [4.69, 9.17) is 9.47 Å². The van der Waals surface area contributed by atoms with E-state index in [0.717, 1.165) is 22.3 Å². The van der Waals surface area contributed by atoms with Crippen molar-refractivity contribution in [3.63, 3.8) is 0 Å². The van der Waals surface area contributed by atoms with Crippen LogP contribution in [-0.4, -0.2) is 41.1 Å². The molecule has 11 nitrogen and oxygen atoms in total. The second-order valence-corrected chi connectivity index (χ2v) is 12.5. The molecule has 4 aliphatic rings. The Kier molecular flexibility index (Phi) is 7.60. The van der Waals surface area contributed by atoms with Crippen LogP contribution in [0, 0.1) is 22.0 Å². The Bertz CT molecular complexity index is 2170. The summed E-state index contributed by atoms with van der Waals surface area (Å²) in [5.74, 6) is -3.90. The molecular formula is C40H26N2O9. The lowest BCUT2D eigenvalue weighted by molar-refractivity contribution is -0.384. The van der Waals surface area contributed by atoms with Crippen molar-refractivity contribution in [2.45, 2.75) is 11.8 Å². The van der Waals surface area contributed by atoms with Crippen LogP contribution >= 0.6 is 0 Å². The van der Waals surface area contributed by atoms with Gasteiger partial charge >= 0.3 is 11.9 Å². The Morgan fingerprint density at radius 3 is 1.55 bits per heavy atom. The van der Waals surface area contributed by atoms with Gasteiger partial charge in [-0.1, -0.05) is 48.5 Å². The number of Topliss-reactive ketones (excluding diaryl/α,β-unsaturated/α-hetero) is 1. The Balaban J connectivity index is 0.909. The molecule has 2 bridgehead atoms. The van der Waals surface area contributed by atoms with Crippen molar-refractivity contribution in [2.24, 2.45) is 11.8 Å². The maximum absolute atomic E-state index is 14.0. The maximum Gasteiger partial charge on any atom is 0.343 e. The topological polar surface area (TPSA) is 150 Å². The first-order valence-corrected chi connectivity index (χ1v) is 16.1. The zero-order valence-electron chi connectivity index (χ0n) is 26.6. The van der Waals surface area contributed by atoms with E-state index in [0.29, 0.717) is 5.69 Å². The van der Waals surface area contributed by atoms with E-state index < -0.39 is 41.1 Å². The van der Waals surface area contributed by atoms with Crippen molar-refractivity contribution in [3.05, 3.63) is 170 Å². The molecule has 1 saturated heterocycles. The highest BCUT2D eigenvalue weighted by Gasteiger charge is 2.61. The number of ketones is 1. The number of hydrogen-bond donors (Lipinski definition) is 0. The van der Waals surface area contributed by atoms with Crippen LogP contribution in [0.2, 0.25) is 0 Å². The molecule has 2 unspecified atom stereocenters. The second kappa shape index (κ2) is 12.3. The minimum atomic E-state index is -0.764. The van der Waals surface area contributed by atoms with Gasteiger partial charge < -0.3 is 9.47 Å². The van der Waals surface area contributed by atoms with Gasteiger partial charge in [0.05, 0.1) is 33.6 Å².